The Bertz CT molecular complexity index is 1270. The molecule has 0 atom stereocenters. The molecule has 0 aliphatic heterocycles. The van der Waals surface area contributed by atoms with E-state index in [2.05, 4.69) is 27.7 Å². The van der Waals surface area contributed by atoms with Crippen molar-refractivity contribution in [3.05, 3.63) is 0 Å². The third-order valence-electron chi connectivity index (χ3n) is 10.9. The summed E-state index contributed by atoms with van der Waals surface area (Å²) < 4.78 is 130. The Hall–Kier alpha value is 4.75. The SMILES string of the molecule is CCCCCCCCCCCCOS(=O)(=O)OCCCCCCCCCCCC.CCCCCCCCCCCCOS(=O)(=O)OCCCCCCCCCCCC.O=S(=O)(O)O.O=S(=O)(O)O.[KH].[KH].[NaH].[NaH]. The van der Waals surface area contributed by atoms with Gasteiger partial charge >= 0.3 is 203 Å². The Kier molecular flexibility index (Phi) is 93.0. The summed E-state index contributed by atoms with van der Waals surface area (Å²) in [5.74, 6) is 0. The average Bonchev–Trinajstić information content (AvgIpc) is 3.25. The third kappa shape index (κ3) is 110. The van der Waals surface area contributed by atoms with Crippen LogP contribution in [0.3, 0.4) is 0 Å². The zero-order chi connectivity index (χ0) is 51.9. The number of hydrogen-bond acceptors (Lipinski definition) is 12. The van der Waals surface area contributed by atoms with Crippen LogP contribution in [0.4, 0.5) is 0 Å². The molecule has 0 aromatic carbocycles. The molecule has 0 unspecified atom stereocenters. The van der Waals surface area contributed by atoms with Gasteiger partial charge in [-0.3, -0.25) is 18.2 Å². The summed E-state index contributed by atoms with van der Waals surface area (Å²) in [6, 6.07) is 0. The first-order chi connectivity index (χ1) is 32.2. The quantitative estimate of drug-likeness (QED) is 0.0251. The van der Waals surface area contributed by atoms with Gasteiger partial charge < -0.3 is 0 Å². The van der Waals surface area contributed by atoms with Crippen LogP contribution < -0.4 is 0 Å². The van der Waals surface area contributed by atoms with E-state index in [0.29, 0.717) is 0 Å². The van der Waals surface area contributed by atoms with Crippen molar-refractivity contribution in [1.29, 1.82) is 0 Å². The van der Waals surface area contributed by atoms with Gasteiger partial charge in [-0.25, -0.2) is 16.7 Å². The first-order valence-electron chi connectivity index (χ1n) is 26.7. The van der Waals surface area contributed by atoms with Crippen LogP contribution >= 0.6 is 0 Å². The van der Waals surface area contributed by atoms with E-state index in [1.54, 1.807) is 0 Å². The van der Waals surface area contributed by atoms with Gasteiger partial charge in [0.1, 0.15) is 0 Å². The topological polar surface area (TPSA) is 254 Å². The predicted molar refractivity (Wildman–Crippen MR) is 306 cm³/mol. The van der Waals surface area contributed by atoms with Gasteiger partial charge in [0.05, 0.1) is 26.4 Å². The van der Waals surface area contributed by atoms with E-state index in [1.807, 2.05) is 0 Å². The van der Waals surface area contributed by atoms with Crippen molar-refractivity contribution >= 4 is 203 Å². The molecule has 0 aliphatic rings. The van der Waals surface area contributed by atoms with E-state index in [9.17, 15) is 16.8 Å². The van der Waals surface area contributed by atoms with Crippen molar-refractivity contribution in [3.63, 3.8) is 0 Å². The van der Waals surface area contributed by atoms with Crippen molar-refractivity contribution in [3.8, 4) is 0 Å². The monoisotopic (exact) mass is 1190 g/mol. The normalized spacial score (nSPS) is 11.2. The van der Waals surface area contributed by atoms with Crippen molar-refractivity contribution in [2.45, 2.75) is 285 Å². The Balaban J connectivity index is -0.000000152. The molecule has 0 bridgehead atoms. The molecule has 0 spiro atoms. The average molecular weight is 1190 g/mol. The molecule has 0 rings (SSSR count). The zero-order valence-electron chi connectivity index (χ0n) is 43.4. The maximum atomic E-state index is 11.7. The molecule has 424 valence electrons. The predicted octanol–water partition coefficient (Wildman–Crippen LogP) is 12.3. The van der Waals surface area contributed by atoms with Crippen LogP contribution in [0.25, 0.3) is 0 Å². The van der Waals surface area contributed by atoms with Crippen LogP contribution in [-0.2, 0) is 58.3 Å². The summed E-state index contributed by atoms with van der Waals surface area (Å²) in [6.07, 6.45) is 48.9. The molecule has 0 heterocycles. The molecule has 0 aromatic rings. The van der Waals surface area contributed by atoms with Gasteiger partial charge in [0, 0.05) is 0 Å². The molecule has 0 saturated carbocycles. The molecule has 72 heavy (non-hydrogen) atoms. The first-order valence-corrected chi connectivity index (χ1v) is 32.2. The fourth-order valence-electron chi connectivity index (χ4n) is 7.07. The minimum atomic E-state index is -4.67. The first kappa shape index (κ1) is 93.2. The Morgan fingerprint density at radius 3 is 0.444 bits per heavy atom. The van der Waals surface area contributed by atoms with E-state index < -0.39 is 41.6 Å². The van der Waals surface area contributed by atoms with E-state index >= 15 is 0 Å². The van der Waals surface area contributed by atoms with Crippen LogP contribution in [0.15, 0.2) is 0 Å². The van der Waals surface area contributed by atoms with Crippen molar-refractivity contribution in [2.75, 3.05) is 26.4 Å². The number of hydrogen-bond donors (Lipinski definition) is 4. The van der Waals surface area contributed by atoms with E-state index in [0.717, 1.165) is 77.0 Å². The van der Waals surface area contributed by atoms with Gasteiger partial charge in [-0.2, -0.15) is 33.7 Å². The van der Waals surface area contributed by atoms with Gasteiger partial charge in [-0.05, 0) is 25.7 Å². The Morgan fingerprint density at radius 1 is 0.236 bits per heavy atom. The minimum absolute atomic E-state index is 0. The van der Waals surface area contributed by atoms with Crippen LogP contribution in [0, 0.1) is 0 Å². The van der Waals surface area contributed by atoms with Crippen molar-refractivity contribution in [2.24, 2.45) is 0 Å². The Labute approximate surface area is 573 Å². The molecule has 0 fully saturated rings. The second-order valence-corrected chi connectivity index (χ2v) is 22.1. The van der Waals surface area contributed by atoms with Gasteiger partial charge in [-0.15, -0.1) is 0 Å². The molecular formula is C48H108K2Na2O16S4. The summed E-state index contributed by atoms with van der Waals surface area (Å²) in [6.45, 7) is 9.95. The molecule has 0 aromatic heterocycles. The van der Waals surface area contributed by atoms with Crippen LogP contribution in [-0.4, -0.2) is 240 Å². The van der Waals surface area contributed by atoms with Crippen molar-refractivity contribution < 1.29 is 68.6 Å². The van der Waals surface area contributed by atoms with Gasteiger partial charge in [0.15, 0.2) is 0 Å². The summed E-state index contributed by atoms with van der Waals surface area (Å²) in [7, 11) is -16.9. The second-order valence-electron chi connectivity index (χ2n) is 17.7. The summed E-state index contributed by atoms with van der Waals surface area (Å²) >= 11 is 0. The van der Waals surface area contributed by atoms with Crippen LogP contribution in [0.1, 0.15) is 285 Å². The maximum absolute atomic E-state index is 11.7. The van der Waals surface area contributed by atoms with Crippen molar-refractivity contribution in [1.82, 2.24) is 0 Å². The standard InChI is InChI=1S/2C24H50O4S.2K.2Na.2H2O4S.4H/c2*1-3-5-7-9-11-13-15-17-19-21-23-27-29(25,26)28-24-22-20-18-16-14-12-10-8-6-4-2;;;;;2*1-5(2,3)4;;;;/h2*3-24H2,1-2H3;;;;;2*(H2,1,2,3,4);;;;. The molecule has 0 aliphatic carbocycles. The van der Waals surface area contributed by atoms with Gasteiger partial charge in [0.25, 0.3) is 0 Å². The molecule has 0 amide bonds. The molecule has 4 N–H and O–H groups in total. The van der Waals surface area contributed by atoms with Gasteiger partial charge in [0.2, 0.25) is 0 Å². The molecular weight excluding hydrogens is 1080 g/mol. The Morgan fingerprint density at radius 2 is 0.333 bits per heavy atom. The molecule has 0 saturated heterocycles. The van der Waals surface area contributed by atoms with E-state index in [1.165, 1.54) is 180 Å². The van der Waals surface area contributed by atoms with Gasteiger partial charge in [-0.1, -0.05) is 259 Å². The molecule has 0 radical (unpaired) electrons. The molecule has 24 heteroatoms. The fourth-order valence-corrected chi connectivity index (χ4v) is 8.49. The fraction of sp³-hybridized carbons (Fsp3) is 1.00. The van der Waals surface area contributed by atoms with Crippen LogP contribution in [0.2, 0.25) is 0 Å². The summed E-state index contributed by atoms with van der Waals surface area (Å²) in [4.78, 5) is 0. The summed E-state index contributed by atoms with van der Waals surface area (Å²) in [5.41, 5.74) is 0. The van der Waals surface area contributed by atoms with Crippen LogP contribution in [0.5, 0.6) is 0 Å². The van der Waals surface area contributed by atoms with E-state index in [4.69, 9.17) is 51.8 Å². The third-order valence-corrected chi connectivity index (χ3v) is 12.7. The summed E-state index contributed by atoms with van der Waals surface area (Å²) in [5, 5.41) is 0. The molecule has 16 nitrogen and oxygen atoms in total. The zero-order valence-corrected chi connectivity index (χ0v) is 46.7. The second kappa shape index (κ2) is 71.9. The number of rotatable bonds is 48. The number of unbranched alkanes of at least 4 members (excludes halogenated alkanes) is 36. The van der Waals surface area contributed by atoms with E-state index in [-0.39, 0.29) is 188 Å².